The highest BCUT2D eigenvalue weighted by molar-refractivity contribution is 6.31. The van der Waals surface area contributed by atoms with Gasteiger partial charge < -0.3 is 10.6 Å². The predicted octanol–water partition coefficient (Wildman–Crippen LogP) is 3.32. The van der Waals surface area contributed by atoms with E-state index in [1.54, 1.807) is 12.1 Å². The highest BCUT2D eigenvalue weighted by atomic mass is 35.5. The van der Waals surface area contributed by atoms with E-state index in [2.05, 4.69) is 17.0 Å². The number of nitrogens with two attached hydrogens (primary N) is 1. The molecule has 2 aromatic rings. The minimum Gasteiger partial charge on any atom is -0.384 e. The van der Waals surface area contributed by atoms with Crippen molar-refractivity contribution in [3.63, 3.8) is 0 Å². The van der Waals surface area contributed by atoms with Crippen molar-refractivity contribution in [1.29, 1.82) is 5.41 Å². The molecule has 1 aliphatic rings. The molecule has 0 aromatic heterocycles. The Kier molecular flexibility index (Phi) is 2.91. The van der Waals surface area contributed by atoms with Crippen LogP contribution in [0.15, 0.2) is 42.5 Å². The summed E-state index contributed by atoms with van der Waals surface area (Å²) >= 11 is 6.09. The van der Waals surface area contributed by atoms with Crippen LogP contribution >= 0.6 is 11.6 Å². The number of benzene rings is 2. The fourth-order valence-electron chi connectivity index (χ4n) is 2.54. The van der Waals surface area contributed by atoms with Gasteiger partial charge in [-0.25, -0.2) is 0 Å². The molecule has 3 rings (SSSR count). The highest BCUT2D eigenvalue weighted by Crippen LogP contribution is 2.37. The van der Waals surface area contributed by atoms with Crippen LogP contribution in [-0.4, -0.2) is 12.4 Å². The SMILES string of the molecule is N=C(N)c1ccc(Cl)cc1N1CCc2ccccc21. The second kappa shape index (κ2) is 4.59. The van der Waals surface area contributed by atoms with Gasteiger partial charge in [0.05, 0.1) is 5.69 Å². The molecule has 2 aromatic carbocycles. The van der Waals surface area contributed by atoms with E-state index in [1.807, 2.05) is 18.2 Å². The Morgan fingerprint density at radius 3 is 2.74 bits per heavy atom. The van der Waals surface area contributed by atoms with Crippen LogP contribution in [0.2, 0.25) is 5.02 Å². The third kappa shape index (κ3) is 2.06. The quantitative estimate of drug-likeness (QED) is 0.650. The van der Waals surface area contributed by atoms with Crippen LogP contribution in [0, 0.1) is 5.41 Å². The maximum Gasteiger partial charge on any atom is 0.124 e. The maximum absolute atomic E-state index is 7.70. The number of rotatable bonds is 2. The zero-order valence-electron chi connectivity index (χ0n) is 10.4. The van der Waals surface area contributed by atoms with E-state index in [4.69, 9.17) is 22.7 Å². The summed E-state index contributed by atoms with van der Waals surface area (Å²) in [5.74, 6) is 0.0658. The van der Waals surface area contributed by atoms with Gasteiger partial charge in [-0.2, -0.15) is 0 Å². The summed E-state index contributed by atoms with van der Waals surface area (Å²) in [5, 5.41) is 8.36. The Morgan fingerprint density at radius 1 is 1.16 bits per heavy atom. The fourth-order valence-corrected chi connectivity index (χ4v) is 2.71. The molecule has 1 aliphatic heterocycles. The summed E-state index contributed by atoms with van der Waals surface area (Å²) < 4.78 is 0. The fraction of sp³-hybridized carbons (Fsp3) is 0.133. The minimum atomic E-state index is 0.0658. The number of hydrogen-bond donors (Lipinski definition) is 2. The number of nitrogens with one attached hydrogen (secondary N) is 1. The number of hydrogen-bond acceptors (Lipinski definition) is 2. The first-order chi connectivity index (χ1) is 9.16. The van der Waals surface area contributed by atoms with Gasteiger partial charge in [-0.1, -0.05) is 29.8 Å². The monoisotopic (exact) mass is 271 g/mol. The molecule has 0 bridgehead atoms. The Morgan fingerprint density at radius 2 is 1.95 bits per heavy atom. The smallest absolute Gasteiger partial charge is 0.124 e. The second-order valence-corrected chi connectivity index (χ2v) is 5.04. The summed E-state index contributed by atoms with van der Waals surface area (Å²) in [7, 11) is 0. The largest absolute Gasteiger partial charge is 0.384 e. The molecule has 0 atom stereocenters. The number of anilines is 2. The average molecular weight is 272 g/mol. The molecule has 0 fully saturated rings. The van der Waals surface area contributed by atoms with Crippen LogP contribution in [0.1, 0.15) is 11.1 Å². The number of nitrogen functional groups attached to an aromatic ring is 1. The summed E-state index contributed by atoms with van der Waals surface area (Å²) in [5.41, 5.74) is 9.79. The third-order valence-corrected chi connectivity index (χ3v) is 3.66. The zero-order chi connectivity index (χ0) is 13.4. The molecule has 3 nitrogen and oxygen atoms in total. The molecule has 0 saturated heterocycles. The molecular formula is C15H14ClN3. The van der Waals surface area contributed by atoms with Crippen LogP contribution in [0.5, 0.6) is 0 Å². The molecule has 0 radical (unpaired) electrons. The number of fused-ring (bicyclic) bond motifs is 1. The van der Waals surface area contributed by atoms with Crippen molar-refractivity contribution in [2.75, 3.05) is 11.4 Å². The standard InChI is InChI=1S/C15H14ClN3/c16-11-5-6-12(15(17)18)14(9-11)19-8-7-10-3-1-2-4-13(10)19/h1-6,9H,7-8H2,(H3,17,18). The molecule has 0 unspecified atom stereocenters. The lowest BCUT2D eigenvalue weighted by Crippen LogP contribution is -2.20. The van der Waals surface area contributed by atoms with Crippen molar-refractivity contribution in [3.05, 3.63) is 58.6 Å². The van der Waals surface area contributed by atoms with Crippen LogP contribution in [-0.2, 0) is 6.42 Å². The van der Waals surface area contributed by atoms with Crippen LogP contribution < -0.4 is 10.6 Å². The Balaban J connectivity index is 2.13. The lowest BCUT2D eigenvalue weighted by Gasteiger charge is -2.22. The van der Waals surface area contributed by atoms with Crippen LogP contribution in [0.25, 0.3) is 0 Å². The predicted molar refractivity (Wildman–Crippen MR) is 79.6 cm³/mol. The van der Waals surface area contributed by atoms with Gasteiger partial charge in [-0.15, -0.1) is 0 Å². The topological polar surface area (TPSA) is 53.1 Å². The number of halogens is 1. The van der Waals surface area contributed by atoms with Gasteiger partial charge in [-0.05, 0) is 36.2 Å². The highest BCUT2D eigenvalue weighted by Gasteiger charge is 2.22. The zero-order valence-corrected chi connectivity index (χ0v) is 11.1. The lowest BCUT2D eigenvalue weighted by atomic mass is 10.1. The van der Waals surface area contributed by atoms with Gasteiger partial charge in [0.25, 0.3) is 0 Å². The molecule has 3 N–H and O–H groups in total. The van der Waals surface area contributed by atoms with Gasteiger partial charge in [0.1, 0.15) is 5.84 Å². The van der Waals surface area contributed by atoms with Gasteiger partial charge in [-0.3, -0.25) is 5.41 Å². The molecule has 0 aliphatic carbocycles. The first kappa shape index (κ1) is 12.1. The number of amidine groups is 1. The average Bonchev–Trinajstić information content (AvgIpc) is 2.82. The van der Waals surface area contributed by atoms with Gasteiger partial charge in [0.2, 0.25) is 0 Å². The third-order valence-electron chi connectivity index (χ3n) is 3.43. The van der Waals surface area contributed by atoms with Gasteiger partial charge in [0.15, 0.2) is 0 Å². The van der Waals surface area contributed by atoms with Crippen molar-refractivity contribution in [3.8, 4) is 0 Å². The van der Waals surface area contributed by atoms with Crippen molar-refractivity contribution in [2.24, 2.45) is 5.73 Å². The van der Waals surface area contributed by atoms with Crippen molar-refractivity contribution < 1.29 is 0 Å². The van der Waals surface area contributed by atoms with E-state index in [1.165, 1.54) is 11.3 Å². The Hall–Kier alpha value is -2.00. The van der Waals surface area contributed by atoms with Gasteiger partial charge in [0, 0.05) is 22.8 Å². The van der Waals surface area contributed by atoms with Crippen molar-refractivity contribution in [1.82, 2.24) is 0 Å². The van der Waals surface area contributed by atoms with E-state index >= 15 is 0 Å². The van der Waals surface area contributed by atoms with Crippen molar-refractivity contribution >= 4 is 28.8 Å². The van der Waals surface area contributed by atoms with Crippen LogP contribution in [0.4, 0.5) is 11.4 Å². The van der Waals surface area contributed by atoms with Gasteiger partial charge >= 0.3 is 0 Å². The van der Waals surface area contributed by atoms with E-state index in [9.17, 15) is 0 Å². The van der Waals surface area contributed by atoms with E-state index in [0.29, 0.717) is 5.02 Å². The molecule has 96 valence electrons. The Labute approximate surface area is 117 Å². The summed E-state index contributed by atoms with van der Waals surface area (Å²) in [6.07, 6.45) is 1.00. The molecule has 0 spiro atoms. The van der Waals surface area contributed by atoms with E-state index in [0.717, 1.165) is 24.2 Å². The maximum atomic E-state index is 7.70. The Bertz CT molecular complexity index is 652. The molecular weight excluding hydrogens is 258 g/mol. The molecule has 1 heterocycles. The number of nitrogens with zero attached hydrogens (tertiary/aromatic N) is 1. The van der Waals surface area contributed by atoms with E-state index in [-0.39, 0.29) is 5.84 Å². The summed E-state index contributed by atoms with van der Waals surface area (Å²) in [4.78, 5) is 2.18. The summed E-state index contributed by atoms with van der Waals surface area (Å²) in [6.45, 7) is 0.889. The molecule has 19 heavy (non-hydrogen) atoms. The van der Waals surface area contributed by atoms with E-state index < -0.39 is 0 Å². The minimum absolute atomic E-state index is 0.0658. The molecule has 0 amide bonds. The molecule has 4 heteroatoms. The summed E-state index contributed by atoms with van der Waals surface area (Å²) in [6, 6.07) is 13.7. The second-order valence-electron chi connectivity index (χ2n) is 4.61. The van der Waals surface area contributed by atoms with Crippen molar-refractivity contribution in [2.45, 2.75) is 6.42 Å². The normalized spacial score (nSPS) is 13.4. The first-order valence-corrected chi connectivity index (χ1v) is 6.54. The number of para-hydroxylation sites is 1. The molecule has 0 saturated carbocycles. The lowest BCUT2D eigenvalue weighted by molar-refractivity contribution is 0.996. The first-order valence-electron chi connectivity index (χ1n) is 6.16. The van der Waals surface area contributed by atoms with Crippen LogP contribution in [0.3, 0.4) is 0 Å².